The molecule has 2 nitrogen and oxygen atoms in total. The molecule has 0 spiro atoms. The Morgan fingerprint density at radius 2 is 2.12 bits per heavy atom. The fourth-order valence-electron chi connectivity index (χ4n) is 1.49. The minimum Gasteiger partial charge on any atom is -0.491 e. The number of aryl methyl sites for hydroxylation is 1. The van der Waals surface area contributed by atoms with Crippen LogP contribution in [0.2, 0.25) is 0 Å². The highest BCUT2D eigenvalue weighted by atomic mass is 32.1. The van der Waals surface area contributed by atoms with Gasteiger partial charge < -0.3 is 9.84 Å². The van der Waals surface area contributed by atoms with E-state index in [-0.39, 0.29) is 6.61 Å². The molecule has 3 heteroatoms. The lowest BCUT2D eigenvalue weighted by molar-refractivity contribution is 0.201. The third-order valence-corrected chi connectivity index (χ3v) is 3.27. The van der Waals surface area contributed by atoms with Crippen molar-refractivity contribution in [2.45, 2.75) is 6.92 Å². The standard InChI is InChI=1S/C13H14O2S/c1-10-5-6-13(16-10)11-3-2-4-12(9-11)15-8-7-14/h2-6,9,14H,7-8H2,1H3. The third-order valence-electron chi connectivity index (χ3n) is 2.22. The summed E-state index contributed by atoms with van der Waals surface area (Å²) in [7, 11) is 0. The van der Waals surface area contributed by atoms with Crippen LogP contribution in [0.25, 0.3) is 10.4 Å². The summed E-state index contributed by atoms with van der Waals surface area (Å²) < 4.78 is 5.38. The second-order valence-corrected chi connectivity index (χ2v) is 4.80. The van der Waals surface area contributed by atoms with Crippen LogP contribution in [0.3, 0.4) is 0 Å². The molecule has 1 N–H and O–H groups in total. The molecule has 0 amide bonds. The van der Waals surface area contributed by atoms with E-state index in [1.165, 1.54) is 9.75 Å². The number of ether oxygens (including phenoxy) is 1. The lowest BCUT2D eigenvalue weighted by Crippen LogP contribution is -2.01. The maximum absolute atomic E-state index is 8.69. The van der Waals surface area contributed by atoms with E-state index >= 15 is 0 Å². The van der Waals surface area contributed by atoms with Gasteiger partial charge in [0.2, 0.25) is 0 Å². The molecule has 0 unspecified atom stereocenters. The number of rotatable bonds is 4. The molecular weight excluding hydrogens is 220 g/mol. The summed E-state index contributed by atoms with van der Waals surface area (Å²) in [6, 6.07) is 12.2. The smallest absolute Gasteiger partial charge is 0.120 e. The first kappa shape index (κ1) is 11.2. The molecule has 0 saturated heterocycles. The van der Waals surface area contributed by atoms with Crippen molar-refractivity contribution < 1.29 is 9.84 Å². The highest BCUT2D eigenvalue weighted by Crippen LogP contribution is 2.29. The van der Waals surface area contributed by atoms with Crippen LogP contribution in [0.5, 0.6) is 5.75 Å². The Kier molecular flexibility index (Phi) is 3.59. The molecule has 0 aliphatic carbocycles. The van der Waals surface area contributed by atoms with Crippen LogP contribution in [-0.2, 0) is 0 Å². The van der Waals surface area contributed by atoms with Gasteiger partial charge in [-0.2, -0.15) is 0 Å². The van der Waals surface area contributed by atoms with Gasteiger partial charge in [0, 0.05) is 9.75 Å². The van der Waals surface area contributed by atoms with Crippen molar-refractivity contribution in [3.05, 3.63) is 41.3 Å². The largest absolute Gasteiger partial charge is 0.491 e. The van der Waals surface area contributed by atoms with Crippen molar-refractivity contribution in [1.29, 1.82) is 0 Å². The molecule has 2 aromatic rings. The zero-order valence-corrected chi connectivity index (χ0v) is 9.96. The number of thiophene rings is 1. The molecule has 0 radical (unpaired) electrons. The summed E-state index contributed by atoms with van der Waals surface area (Å²) in [6.45, 7) is 2.48. The Morgan fingerprint density at radius 1 is 1.25 bits per heavy atom. The van der Waals surface area contributed by atoms with Gasteiger partial charge in [0.15, 0.2) is 0 Å². The van der Waals surface area contributed by atoms with E-state index in [2.05, 4.69) is 25.1 Å². The molecule has 0 saturated carbocycles. The zero-order chi connectivity index (χ0) is 11.4. The first-order valence-corrected chi connectivity index (χ1v) is 6.02. The second-order valence-electron chi connectivity index (χ2n) is 3.51. The molecule has 2 rings (SSSR count). The van der Waals surface area contributed by atoms with Gasteiger partial charge in [-0.05, 0) is 36.8 Å². The first-order chi connectivity index (χ1) is 7.79. The van der Waals surface area contributed by atoms with Crippen molar-refractivity contribution in [2.24, 2.45) is 0 Å². The third kappa shape index (κ3) is 2.62. The minimum atomic E-state index is 0.0440. The van der Waals surface area contributed by atoms with E-state index < -0.39 is 0 Å². The predicted octanol–water partition coefficient (Wildman–Crippen LogP) is 3.09. The van der Waals surface area contributed by atoms with Crippen molar-refractivity contribution in [2.75, 3.05) is 13.2 Å². The van der Waals surface area contributed by atoms with Crippen LogP contribution in [0.4, 0.5) is 0 Å². The Labute approximate surface area is 99.1 Å². The molecule has 0 aliphatic heterocycles. The van der Waals surface area contributed by atoms with Crippen LogP contribution < -0.4 is 4.74 Å². The number of aliphatic hydroxyl groups excluding tert-OH is 1. The van der Waals surface area contributed by atoms with Crippen molar-refractivity contribution in [3.63, 3.8) is 0 Å². The Morgan fingerprint density at radius 3 is 2.81 bits per heavy atom. The van der Waals surface area contributed by atoms with E-state index in [9.17, 15) is 0 Å². The summed E-state index contributed by atoms with van der Waals surface area (Å²) in [5, 5.41) is 8.69. The van der Waals surface area contributed by atoms with E-state index in [1.54, 1.807) is 11.3 Å². The van der Waals surface area contributed by atoms with Crippen LogP contribution in [0.15, 0.2) is 36.4 Å². The summed E-state index contributed by atoms with van der Waals surface area (Å²) in [5.74, 6) is 0.803. The van der Waals surface area contributed by atoms with Crippen molar-refractivity contribution >= 4 is 11.3 Å². The molecule has 84 valence electrons. The molecule has 1 heterocycles. The number of aliphatic hydroxyl groups is 1. The molecule has 1 aromatic carbocycles. The van der Waals surface area contributed by atoms with Crippen LogP contribution in [-0.4, -0.2) is 18.3 Å². The summed E-state index contributed by atoms with van der Waals surface area (Å²) in [5.41, 5.74) is 1.16. The molecule has 1 aromatic heterocycles. The highest BCUT2D eigenvalue weighted by molar-refractivity contribution is 7.15. The molecular formula is C13H14O2S. The lowest BCUT2D eigenvalue weighted by atomic mass is 10.2. The van der Waals surface area contributed by atoms with E-state index in [1.807, 2.05) is 18.2 Å². The number of hydrogen-bond acceptors (Lipinski definition) is 3. The van der Waals surface area contributed by atoms with Gasteiger partial charge in [-0.15, -0.1) is 11.3 Å². The normalized spacial score (nSPS) is 10.4. The van der Waals surface area contributed by atoms with E-state index in [0.29, 0.717) is 6.61 Å². The summed E-state index contributed by atoms with van der Waals surface area (Å²) >= 11 is 1.77. The van der Waals surface area contributed by atoms with Gasteiger partial charge in [0.25, 0.3) is 0 Å². The average Bonchev–Trinajstić information content (AvgIpc) is 2.74. The summed E-state index contributed by atoms with van der Waals surface area (Å²) in [4.78, 5) is 2.55. The molecule has 0 aliphatic rings. The van der Waals surface area contributed by atoms with Crippen LogP contribution in [0.1, 0.15) is 4.88 Å². The molecule has 0 fully saturated rings. The molecule has 0 bridgehead atoms. The maximum atomic E-state index is 8.69. The number of hydrogen-bond donors (Lipinski definition) is 1. The lowest BCUT2D eigenvalue weighted by Gasteiger charge is -2.05. The maximum Gasteiger partial charge on any atom is 0.120 e. The molecule has 0 atom stereocenters. The van der Waals surface area contributed by atoms with E-state index in [4.69, 9.17) is 9.84 Å². The van der Waals surface area contributed by atoms with Gasteiger partial charge in [-0.1, -0.05) is 12.1 Å². The molecule has 16 heavy (non-hydrogen) atoms. The van der Waals surface area contributed by atoms with Crippen molar-refractivity contribution in [3.8, 4) is 16.2 Å². The van der Waals surface area contributed by atoms with Crippen LogP contribution >= 0.6 is 11.3 Å². The van der Waals surface area contributed by atoms with Gasteiger partial charge in [0.1, 0.15) is 12.4 Å². The Hall–Kier alpha value is -1.32. The van der Waals surface area contributed by atoms with Crippen LogP contribution in [0, 0.1) is 6.92 Å². The van der Waals surface area contributed by atoms with Gasteiger partial charge in [-0.25, -0.2) is 0 Å². The van der Waals surface area contributed by atoms with Gasteiger partial charge >= 0.3 is 0 Å². The summed E-state index contributed by atoms with van der Waals surface area (Å²) in [6.07, 6.45) is 0. The minimum absolute atomic E-state index is 0.0440. The Balaban J connectivity index is 2.22. The first-order valence-electron chi connectivity index (χ1n) is 5.20. The van der Waals surface area contributed by atoms with E-state index in [0.717, 1.165) is 11.3 Å². The monoisotopic (exact) mass is 234 g/mol. The number of benzene rings is 1. The topological polar surface area (TPSA) is 29.5 Å². The van der Waals surface area contributed by atoms with Gasteiger partial charge in [0.05, 0.1) is 6.61 Å². The second kappa shape index (κ2) is 5.14. The average molecular weight is 234 g/mol. The fourth-order valence-corrected chi connectivity index (χ4v) is 2.36. The fraction of sp³-hybridized carbons (Fsp3) is 0.231. The van der Waals surface area contributed by atoms with Crippen molar-refractivity contribution in [1.82, 2.24) is 0 Å². The zero-order valence-electron chi connectivity index (χ0n) is 9.14. The highest BCUT2D eigenvalue weighted by Gasteiger charge is 2.02. The quantitative estimate of drug-likeness (QED) is 0.880. The Bertz CT molecular complexity index is 462. The predicted molar refractivity (Wildman–Crippen MR) is 67.1 cm³/mol. The van der Waals surface area contributed by atoms with Gasteiger partial charge in [-0.3, -0.25) is 0 Å². The SMILES string of the molecule is Cc1ccc(-c2cccc(OCCO)c2)s1.